The summed E-state index contributed by atoms with van der Waals surface area (Å²) in [5, 5.41) is 9.13. The van der Waals surface area contributed by atoms with Crippen LogP contribution in [0.2, 0.25) is 0 Å². The fraction of sp³-hybridized carbons (Fsp3) is 0.143. The van der Waals surface area contributed by atoms with Crippen LogP contribution in [0.25, 0.3) is 5.69 Å². The van der Waals surface area contributed by atoms with Gasteiger partial charge in [-0.1, -0.05) is 0 Å². The van der Waals surface area contributed by atoms with Gasteiger partial charge in [0, 0.05) is 24.5 Å². The predicted octanol–water partition coefficient (Wildman–Crippen LogP) is 1.66. The fourth-order valence-electron chi connectivity index (χ4n) is 1.94. The molecule has 104 valence electrons. The van der Waals surface area contributed by atoms with Crippen molar-refractivity contribution in [3.05, 3.63) is 54.1 Å². The summed E-state index contributed by atoms with van der Waals surface area (Å²) in [4.78, 5) is 22.1. The lowest BCUT2D eigenvalue weighted by Crippen LogP contribution is -2.20. The van der Waals surface area contributed by atoms with Crippen molar-refractivity contribution in [1.29, 1.82) is 0 Å². The summed E-state index contributed by atoms with van der Waals surface area (Å²) in [5.74, 6) is -3.11. The molecule has 0 fully saturated rings. The van der Waals surface area contributed by atoms with Crippen LogP contribution in [-0.4, -0.2) is 21.6 Å². The maximum atomic E-state index is 12.8. The minimum absolute atomic E-state index is 0.261. The smallest absolute Gasteiger partial charge is 0.311 e. The van der Waals surface area contributed by atoms with Gasteiger partial charge in [-0.05, 0) is 35.9 Å². The first-order chi connectivity index (χ1) is 9.47. The SMILES string of the molecule is NC(=O)CC(C(=O)O)c1ccn(-c2ccc(F)cc2)c1. The summed E-state index contributed by atoms with van der Waals surface area (Å²) in [6.45, 7) is 0. The first-order valence-electron chi connectivity index (χ1n) is 5.92. The third kappa shape index (κ3) is 3.03. The zero-order valence-corrected chi connectivity index (χ0v) is 10.5. The lowest BCUT2D eigenvalue weighted by Gasteiger charge is -2.08. The van der Waals surface area contributed by atoms with Gasteiger partial charge in [-0.3, -0.25) is 9.59 Å². The molecule has 1 amide bonds. The van der Waals surface area contributed by atoms with Gasteiger partial charge >= 0.3 is 5.97 Å². The Morgan fingerprint density at radius 3 is 2.45 bits per heavy atom. The quantitative estimate of drug-likeness (QED) is 0.870. The van der Waals surface area contributed by atoms with E-state index in [2.05, 4.69) is 0 Å². The number of amides is 1. The number of carboxylic acids is 1. The largest absolute Gasteiger partial charge is 0.481 e. The van der Waals surface area contributed by atoms with E-state index in [4.69, 9.17) is 10.8 Å². The first-order valence-corrected chi connectivity index (χ1v) is 5.92. The number of nitrogens with two attached hydrogens (primary N) is 1. The van der Waals surface area contributed by atoms with Crippen molar-refractivity contribution < 1.29 is 19.1 Å². The molecule has 20 heavy (non-hydrogen) atoms. The summed E-state index contributed by atoms with van der Waals surface area (Å²) in [6.07, 6.45) is 2.98. The van der Waals surface area contributed by atoms with Crippen molar-refractivity contribution in [2.75, 3.05) is 0 Å². The standard InChI is InChI=1S/C14H13FN2O3/c15-10-1-3-11(4-2-10)17-6-5-9(8-17)12(14(19)20)7-13(16)18/h1-6,8,12H,7H2,(H2,16,18)(H,19,20). The highest BCUT2D eigenvalue weighted by Crippen LogP contribution is 2.22. The van der Waals surface area contributed by atoms with Crippen LogP contribution in [-0.2, 0) is 9.59 Å². The Morgan fingerprint density at radius 2 is 1.90 bits per heavy atom. The van der Waals surface area contributed by atoms with Gasteiger partial charge in [0.15, 0.2) is 0 Å². The van der Waals surface area contributed by atoms with Gasteiger partial charge in [0.1, 0.15) is 5.82 Å². The number of halogens is 1. The van der Waals surface area contributed by atoms with E-state index < -0.39 is 17.8 Å². The van der Waals surface area contributed by atoms with Crippen LogP contribution in [0.15, 0.2) is 42.7 Å². The zero-order chi connectivity index (χ0) is 14.7. The van der Waals surface area contributed by atoms with Crippen molar-refractivity contribution in [3.63, 3.8) is 0 Å². The van der Waals surface area contributed by atoms with E-state index in [0.29, 0.717) is 11.3 Å². The Bertz CT molecular complexity index is 634. The number of carbonyl (C=O) groups is 2. The lowest BCUT2D eigenvalue weighted by molar-refractivity contribution is -0.140. The molecule has 0 aliphatic carbocycles. The van der Waals surface area contributed by atoms with Crippen molar-refractivity contribution >= 4 is 11.9 Å². The molecule has 0 aliphatic heterocycles. The van der Waals surface area contributed by atoms with E-state index in [1.807, 2.05) is 0 Å². The molecule has 1 atom stereocenters. The third-order valence-corrected chi connectivity index (χ3v) is 2.95. The molecule has 1 aromatic heterocycles. The van der Waals surface area contributed by atoms with Crippen molar-refractivity contribution in [2.45, 2.75) is 12.3 Å². The number of aromatic nitrogens is 1. The van der Waals surface area contributed by atoms with E-state index in [-0.39, 0.29) is 12.2 Å². The van der Waals surface area contributed by atoms with E-state index in [9.17, 15) is 14.0 Å². The van der Waals surface area contributed by atoms with Gasteiger partial charge < -0.3 is 15.4 Å². The molecule has 5 nitrogen and oxygen atoms in total. The molecular weight excluding hydrogens is 263 g/mol. The number of aliphatic carboxylic acids is 1. The molecule has 1 unspecified atom stereocenters. The summed E-state index contributed by atoms with van der Waals surface area (Å²) in [6, 6.07) is 7.37. The molecule has 2 aromatic rings. The molecule has 0 spiro atoms. The number of rotatable bonds is 5. The monoisotopic (exact) mass is 276 g/mol. The van der Waals surface area contributed by atoms with Crippen LogP contribution in [0.4, 0.5) is 4.39 Å². The fourth-order valence-corrected chi connectivity index (χ4v) is 1.94. The van der Waals surface area contributed by atoms with Crippen molar-refractivity contribution in [1.82, 2.24) is 4.57 Å². The average Bonchev–Trinajstić information content (AvgIpc) is 2.85. The molecule has 1 aromatic carbocycles. The first kappa shape index (κ1) is 13.8. The maximum absolute atomic E-state index is 12.8. The van der Waals surface area contributed by atoms with Gasteiger partial charge in [0.25, 0.3) is 0 Å². The minimum Gasteiger partial charge on any atom is -0.481 e. The Labute approximate surface area is 114 Å². The third-order valence-electron chi connectivity index (χ3n) is 2.95. The average molecular weight is 276 g/mol. The Kier molecular flexibility index (Phi) is 3.84. The number of hydrogen-bond acceptors (Lipinski definition) is 2. The predicted molar refractivity (Wildman–Crippen MR) is 69.9 cm³/mol. The van der Waals surface area contributed by atoms with Crippen molar-refractivity contribution in [2.24, 2.45) is 5.73 Å². The van der Waals surface area contributed by atoms with Gasteiger partial charge in [-0.15, -0.1) is 0 Å². The van der Waals surface area contributed by atoms with E-state index in [1.165, 1.54) is 12.1 Å². The molecule has 0 radical (unpaired) electrons. The molecular formula is C14H13FN2O3. The topological polar surface area (TPSA) is 85.3 Å². The highest BCUT2D eigenvalue weighted by molar-refractivity contribution is 5.84. The summed E-state index contributed by atoms with van der Waals surface area (Å²) in [7, 11) is 0. The maximum Gasteiger partial charge on any atom is 0.311 e. The number of carboxylic acid groups (broad SMARTS) is 1. The number of hydrogen-bond donors (Lipinski definition) is 2. The second-order valence-corrected chi connectivity index (χ2v) is 4.39. The van der Waals surface area contributed by atoms with Gasteiger partial charge in [0.2, 0.25) is 5.91 Å². The number of nitrogens with zero attached hydrogens (tertiary/aromatic N) is 1. The molecule has 3 N–H and O–H groups in total. The van der Waals surface area contributed by atoms with Crippen molar-refractivity contribution in [3.8, 4) is 5.69 Å². The van der Waals surface area contributed by atoms with Crippen LogP contribution in [0, 0.1) is 5.82 Å². The van der Waals surface area contributed by atoms with Crippen LogP contribution < -0.4 is 5.73 Å². The molecule has 0 bridgehead atoms. The Morgan fingerprint density at radius 1 is 1.25 bits per heavy atom. The lowest BCUT2D eigenvalue weighted by atomic mass is 9.98. The van der Waals surface area contributed by atoms with Gasteiger partial charge in [-0.25, -0.2) is 4.39 Å². The highest BCUT2D eigenvalue weighted by atomic mass is 19.1. The van der Waals surface area contributed by atoms with E-state index in [1.54, 1.807) is 35.2 Å². The number of primary amides is 1. The van der Waals surface area contributed by atoms with Crippen LogP contribution in [0.3, 0.4) is 0 Å². The normalized spacial score (nSPS) is 12.1. The molecule has 6 heteroatoms. The Hall–Kier alpha value is -2.63. The molecule has 0 saturated carbocycles. The second kappa shape index (κ2) is 5.56. The minimum atomic E-state index is -1.11. The van der Waals surface area contributed by atoms with Gasteiger partial charge in [-0.2, -0.15) is 0 Å². The molecule has 0 aliphatic rings. The second-order valence-electron chi connectivity index (χ2n) is 4.39. The zero-order valence-electron chi connectivity index (χ0n) is 10.5. The van der Waals surface area contributed by atoms with Crippen LogP contribution in [0.1, 0.15) is 17.9 Å². The number of carbonyl (C=O) groups excluding carboxylic acids is 1. The van der Waals surface area contributed by atoms with E-state index in [0.717, 1.165) is 0 Å². The van der Waals surface area contributed by atoms with Gasteiger partial charge in [0.05, 0.1) is 5.92 Å². The molecule has 0 saturated heterocycles. The van der Waals surface area contributed by atoms with Crippen LogP contribution in [0.5, 0.6) is 0 Å². The summed E-state index contributed by atoms with van der Waals surface area (Å²) in [5.41, 5.74) is 6.22. The molecule has 2 rings (SSSR count). The summed E-state index contributed by atoms with van der Waals surface area (Å²) >= 11 is 0. The van der Waals surface area contributed by atoms with E-state index >= 15 is 0 Å². The molecule has 1 heterocycles. The Balaban J connectivity index is 2.29. The van der Waals surface area contributed by atoms with Crippen LogP contribution >= 0.6 is 0 Å². The number of benzene rings is 1. The summed E-state index contributed by atoms with van der Waals surface area (Å²) < 4.78 is 14.5. The highest BCUT2D eigenvalue weighted by Gasteiger charge is 2.23.